The number of hydrogen-bond donors (Lipinski definition) is 0. The largest absolute Gasteiger partial charge is 0.492 e. The zero-order chi connectivity index (χ0) is 22.5. The highest BCUT2D eigenvalue weighted by molar-refractivity contribution is 7.07. The topological polar surface area (TPSA) is 90.7 Å². The van der Waals surface area contributed by atoms with Gasteiger partial charge in [0, 0.05) is 50.4 Å². The zero-order valence-electron chi connectivity index (χ0n) is 17.7. The van der Waals surface area contributed by atoms with Crippen LogP contribution in [-0.2, 0) is 24.1 Å². The second kappa shape index (κ2) is 9.78. The van der Waals surface area contributed by atoms with Gasteiger partial charge < -0.3 is 18.9 Å². The number of amides is 1. The minimum atomic E-state index is -0.566. The molecule has 0 spiro atoms. The summed E-state index contributed by atoms with van der Waals surface area (Å²) in [6, 6.07) is 8.50. The van der Waals surface area contributed by atoms with Gasteiger partial charge in [-0.2, -0.15) is 11.3 Å². The summed E-state index contributed by atoms with van der Waals surface area (Å²) in [7, 11) is 1.30. The van der Waals surface area contributed by atoms with Crippen LogP contribution in [0.15, 0.2) is 52.1 Å². The van der Waals surface area contributed by atoms with Crippen molar-refractivity contribution in [3.8, 4) is 5.75 Å². The van der Waals surface area contributed by atoms with Crippen molar-refractivity contribution in [1.82, 2.24) is 14.5 Å². The van der Waals surface area contributed by atoms with Crippen molar-refractivity contribution in [3.63, 3.8) is 0 Å². The predicted octanol–water partition coefficient (Wildman–Crippen LogP) is 2.41. The number of fused-ring (bicyclic) bond motifs is 1. The quantitative estimate of drug-likeness (QED) is 0.533. The number of ether oxygens (including phenoxy) is 2. The van der Waals surface area contributed by atoms with Gasteiger partial charge >= 0.3 is 5.97 Å². The molecule has 1 amide bonds. The van der Waals surface area contributed by atoms with Gasteiger partial charge in [-0.1, -0.05) is 6.07 Å². The van der Waals surface area contributed by atoms with E-state index in [2.05, 4.69) is 4.98 Å². The van der Waals surface area contributed by atoms with E-state index in [0.29, 0.717) is 43.9 Å². The molecule has 0 saturated heterocycles. The van der Waals surface area contributed by atoms with Crippen LogP contribution >= 0.6 is 11.3 Å². The Bertz CT molecular complexity index is 1160. The number of carbonyl (C=O) groups excluding carboxylic acids is 2. The highest BCUT2D eigenvalue weighted by atomic mass is 32.1. The molecule has 1 aliphatic rings. The lowest BCUT2D eigenvalue weighted by Gasteiger charge is -2.19. The maximum Gasteiger partial charge on any atom is 0.343 e. The predicted molar refractivity (Wildman–Crippen MR) is 119 cm³/mol. The summed E-state index contributed by atoms with van der Waals surface area (Å²) in [5.74, 6) is -0.560. The molecule has 32 heavy (non-hydrogen) atoms. The van der Waals surface area contributed by atoms with Gasteiger partial charge in [-0.3, -0.25) is 14.6 Å². The average Bonchev–Trinajstić information content (AvgIpc) is 3.23. The Morgan fingerprint density at radius 3 is 2.78 bits per heavy atom. The zero-order valence-corrected chi connectivity index (χ0v) is 18.5. The van der Waals surface area contributed by atoms with E-state index < -0.39 is 5.97 Å². The van der Waals surface area contributed by atoms with Gasteiger partial charge in [0.1, 0.15) is 17.0 Å². The third-order valence-electron chi connectivity index (χ3n) is 5.38. The van der Waals surface area contributed by atoms with Crippen molar-refractivity contribution in [3.05, 3.63) is 80.2 Å². The third-order valence-corrected chi connectivity index (χ3v) is 6.11. The van der Waals surface area contributed by atoms with Crippen LogP contribution in [-0.4, -0.2) is 53.1 Å². The first-order chi connectivity index (χ1) is 15.6. The molecule has 0 aliphatic carbocycles. The van der Waals surface area contributed by atoms with Crippen molar-refractivity contribution in [2.45, 2.75) is 19.4 Å². The van der Waals surface area contributed by atoms with Gasteiger partial charge in [0.05, 0.1) is 13.7 Å². The lowest BCUT2D eigenvalue weighted by atomic mass is 10.1. The Hall–Kier alpha value is -3.46. The van der Waals surface area contributed by atoms with Crippen LogP contribution in [0.4, 0.5) is 0 Å². The number of thiophene rings is 1. The van der Waals surface area contributed by atoms with Crippen LogP contribution in [0.1, 0.15) is 32.1 Å². The molecule has 3 aromatic rings. The second-order valence-electron chi connectivity index (χ2n) is 7.30. The summed E-state index contributed by atoms with van der Waals surface area (Å²) in [6.07, 6.45) is 2.55. The molecule has 0 radical (unpaired) electrons. The summed E-state index contributed by atoms with van der Waals surface area (Å²) in [5, 5.41) is 4.02. The maximum atomic E-state index is 12.9. The molecule has 166 valence electrons. The van der Waals surface area contributed by atoms with Crippen LogP contribution in [0.5, 0.6) is 5.75 Å². The van der Waals surface area contributed by atoms with E-state index in [-0.39, 0.29) is 29.3 Å². The average molecular weight is 454 g/mol. The lowest BCUT2D eigenvalue weighted by Crippen LogP contribution is -2.34. The van der Waals surface area contributed by atoms with E-state index in [1.54, 1.807) is 40.6 Å². The lowest BCUT2D eigenvalue weighted by molar-refractivity contribution is 0.0593. The smallest absolute Gasteiger partial charge is 0.343 e. The summed E-state index contributed by atoms with van der Waals surface area (Å²) >= 11 is 1.60. The molecule has 8 nitrogen and oxygen atoms in total. The van der Waals surface area contributed by atoms with Crippen LogP contribution in [0, 0.1) is 0 Å². The van der Waals surface area contributed by atoms with Crippen molar-refractivity contribution < 1.29 is 19.1 Å². The second-order valence-corrected chi connectivity index (χ2v) is 8.08. The molecule has 0 saturated carbocycles. The molecule has 1 aliphatic heterocycles. The van der Waals surface area contributed by atoms with Crippen molar-refractivity contribution in [2.75, 3.05) is 26.8 Å². The molecule has 9 heteroatoms. The van der Waals surface area contributed by atoms with Gasteiger partial charge in [0.2, 0.25) is 0 Å². The maximum absolute atomic E-state index is 12.9. The Morgan fingerprint density at radius 2 is 2.06 bits per heavy atom. The van der Waals surface area contributed by atoms with E-state index >= 15 is 0 Å². The Kier molecular flexibility index (Phi) is 6.65. The Balaban J connectivity index is 1.60. The molecule has 0 fully saturated rings. The number of carbonyl (C=O) groups is 2. The Labute approximate surface area is 189 Å². The number of esters is 1. The molecule has 0 atom stereocenters. The molecular weight excluding hydrogens is 430 g/mol. The number of aromatic nitrogens is 2. The summed E-state index contributed by atoms with van der Waals surface area (Å²) < 4.78 is 12.4. The van der Waals surface area contributed by atoms with Crippen LogP contribution in [0.3, 0.4) is 0 Å². The molecule has 0 aromatic carbocycles. The number of nitrogens with zero attached hydrogens (tertiary/aromatic N) is 3. The first-order valence-electron chi connectivity index (χ1n) is 10.3. The number of hydrogen-bond acceptors (Lipinski definition) is 7. The van der Waals surface area contributed by atoms with E-state index in [4.69, 9.17) is 9.47 Å². The molecule has 4 rings (SSSR count). The van der Waals surface area contributed by atoms with E-state index in [0.717, 1.165) is 5.56 Å². The van der Waals surface area contributed by atoms with Crippen molar-refractivity contribution in [1.29, 1.82) is 0 Å². The van der Waals surface area contributed by atoms with Gasteiger partial charge in [-0.05, 0) is 34.5 Å². The van der Waals surface area contributed by atoms with Crippen molar-refractivity contribution >= 4 is 23.2 Å². The fourth-order valence-electron chi connectivity index (χ4n) is 3.75. The van der Waals surface area contributed by atoms with E-state index in [1.807, 2.05) is 16.8 Å². The van der Waals surface area contributed by atoms with E-state index in [1.165, 1.54) is 17.7 Å². The van der Waals surface area contributed by atoms with Crippen LogP contribution < -0.4 is 10.3 Å². The SMILES string of the molecule is COC(=O)c1c(OCCc2ccsc2)cc(=O)n2c1CCN(C(=O)c1ccccn1)CC2. The van der Waals surface area contributed by atoms with Gasteiger partial charge in [-0.25, -0.2) is 4.79 Å². The van der Waals surface area contributed by atoms with Gasteiger partial charge in [-0.15, -0.1) is 0 Å². The first-order valence-corrected chi connectivity index (χ1v) is 11.2. The van der Waals surface area contributed by atoms with Crippen LogP contribution in [0.25, 0.3) is 0 Å². The summed E-state index contributed by atoms with van der Waals surface area (Å²) in [4.78, 5) is 44.1. The fourth-order valence-corrected chi connectivity index (χ4v) is 4.46. The number of methoxy groups -OCH3 is 1. The van der Waals surface area contributed by atoms with Gasteiger partial charge in [0.15, 0.2) is 0 Å². The normalized spacial score (nSPS) is 13.2. The van der Waals surface area contributed by atoms with Crippen LogP contribution in [0.2, 0.25) is 0 Å². The number of rotatable bonds is 6. The van der Waals surface area contributed by atoms with Crippen molar-refractivity contribution in [2.24, 2.45) is 0 Å². The molecule has 0 unspecified atom stereocenters. The molecule has 0 bridgehead atoms. The molecular formula is C23H23N3O5S. The fraction of sp³-hybridized carbons (Fsp3) is 0.304. The number of pyridine rings is 2. The molecule has 4 heterocycles. The minimum Gasteiger partial charge on any atom is -0.492 e. The molecule has 3 aromatic heterocycles. The molecule has 0 N–H and O–H groups in total. The third kappa shape index (κ3) is 4.57. The monoisotopic (exact) mass is 453 g/mol. The summed E-state index contributed by atoms with van der Waals surface area (Å²) in [6.45, 7) is 1.28. The first kappa shape index (κ1) is 21.8. The van der Waals surface area contributed by atoms with Gasteiger partial charge in [0.25, 0.3) is 11.5 Å². The standard InChI is InChI=1S/C23H23N3O5S/c1-30-23(29)21-18-5-9-25(22(28)17-4-2-3-8-24-17)10-11-26(18)20(27)14-19(21)31-12-6-16-7-13-32-15-16/h2-4,7-8,13-15H,5-6,9-12H2,1H3. The highest BCUT2D eigenvalue weighted by Crippen LogP contribution is 2.24. The summed E-state index contributed by atoms with van der Waals surface area (Å²) in [5.41, 5.74) is 1.96. The minimum absolute atomic E-state index is 0.210. The van der Waals surface area contributed by atoms with E-state index in [9.17, 15) is 14.4 Å². The highest BCUT2D eigenvalue weighted by Gasteiger charge is 2.28. The Morgan fingerprint density at radius 1 is 1.19 bits per heavy atom.